The smallest absolute Gasteiger partial charge is 0.244 e. The molecule has 0 bridgehead atoms. The average molecular weight is 556 g/mol. The second kappa shape index (κ2) is 13.4. The molecule has 38 heavy (non-hydrogen) atoms. The maximum Gasteiger partial charge on any atom is 0.244 e. The van der Waals surface area contributed by atoms with E-state index >= 15 is 0 Å². The number of anilines is 1. The number of rotatable bonds is 12. The molecule has 3 aromatic rings. The minimum absolute atomic E-state index is 0.131. The second-order valence-electron chi connectivity index (χ2n) is 9.57. The van der Waals surface area contributed by atoms with Crippen molar-refractivity contribution in [2.24, 2.45) is 5.92 Å². The van der Waals surface area contributed by atoms with Crippen LogP contribution >= 0.6 is 11.6 Å². The highest BCUT2D eigenvalue weighted by atomic mass is 35.5. The molecule has 1 N–H and O–H groups in total. The van der Waals surface area contributed by atoms with Crippen LogP contribution in [0.2, 0.25) is 5.02 Å². The molecule has 0 aromatic heterocycles. The van der Waals surface area contributed by atoms with Gasteiger partial charge in [0, 0.05) is 19.5 Å². The van der Waals surface area contributed by atoms with Crippen LogP contribution in [-0.2, 0) is 32.6 Å². The highest BCUT2D eigenvalue weighted by Gasteiger charge is 2.33. The number of amides is 2. The van der Waals surface area contributed by atoms with Crippen molar-refractivity contribution in [3.8, 4) is 0 Å². The fraction of sp³-hybridized carbons (Fsp3) is 0.310. The van der Waals surface area contributed by atoms with Gasteiger partial charge in [0.1, 0.15) is 12.6 Å². The summed E-state index contributed by atoms with van der Waals surface area (Å²) in [6, 6.07) is 24.4. The van der Waals surface area contributed by atoms with Gasteiger partial charge in [-0.1, -0.05) is 98.2 Å². The highest BCUT2D eigenvalue weighted by Crippen LogP contribution is 2.27. The third kappa shape index (κ3) is 8.33. The lowest BCUT2D eigenvalue weighted by atomic mass is 10.0. The Kier molecular flexibility index (Phi) is 10.3. The van der Waals surface area contributed by atoms with Crippen LogP contribution in [0.4, 0.5) is 5.69 Å². The minimum Gasteiger partial charge on any atom is -0.354 e. The molecule has 0 saturated heterocycles. The Labute approximate surface area is 230 Å². The summed E-state index contributed by atoms with van der Waals surface area (Å²) < 4.78 is 26.6. The van der Waals surface area contributed by atoms with Gasteiger partial charge in [-0.25, -0.2) is 8.42 Å². The van der Waals surface area contributed by atoms with E-state index in [4.69, 9.17) is 11.6 Å². The number of nitrogens with one attached hydrogen (secondary N) is 1. The minimum atomic E-state index is -3.87. The molecular weight excluding hydrogens is 522 g/mol. The van der Waals surface area contributed by atoms with Crippen molar-refractivity contribution in [1.82, 2.24) is 10.2 Å². The fourth-order valence-corrected chi connectivity index (χ4v) is 5.15. The van der Waals surface area contributed by atoms with E-state index in [-0.39, 0.29) is 35.5 Å². The summed E-state index contributed by atoms with van der Waals surface area (Å²) in [5, 5.41) is 3.17. The number of halogens is 1. The van der Waals surface area contributed by atoms with Crippen LogP contribution in [0, 0.1) is 5.92 Å². The zero-order chi connectivity index (χ0) is 27.7. The summed E-state index contributed by atoms with van der Waals surface area (Å²) in [5.41, 5.74) is 1.90. The molecule has 2 amide bonds. The predicted molar refractivity (Wildman–Crippen MR) is 152 cm³/mol. The monoisotopic (exact) mass is 555 g/mol. The van der Waals surface area contributed by atoms with Gasteiger partial charge in [-0.05, 0) is 29.2 Å². The van der Waals surface area contributed by atoms with E-state index < -0.39 is 28.5 Å². The number of benzene rings is 3. The number of sulfonamides is 1. The normalized spacial score (nSPS) is 12.1. The molecule has 0 radical (unpaired) electrons. The first-order chi connectivity index (χ1) is 18.1. The third-order valence-electron chi connectivity index (χ3n) is 5.95. The van der Waals surface area contributed by atoms with Crippen molar-refractivity contribution in [2.75, 3.05) is 23.7 Å². The molecule has 0 saturated carbocycles. The van der Waals surface area contributed by atoms with E-state index in [9.17, 15) is 18.0 Å². The quantitative estimate of drug-likeness (QED) is 0.356. The maximum absolute atomic E-state index is 14.0. The summed E-state index contributed by atoms with van der Waals surface area (Å²) in [6.45, 7) is 4.07. The molecule has 202 valence electrons. The number of carbonyl (C=O) groups excluding carboxylic acids is 2. The fourth-order valence-electron chi connectivity index (χ4n) is 4.01. The van der Waals surface area contributed by atoms with Crippen LogP contribution in [0.15, 0.2) is 84.9 Å². The first-order valence-electron chi connectivity index (χ1n) is 12.4. The molecule has 0 aliphatic carbocycles. The summed E-state index contributed by atoms with van der Waals surface area (Å²) in [4.78, 5) is 29.0. The molecule has 0 aliphatic rings. The second-order valence-corrected chi connectivity index (χ2v) is 11.9. The highest BCUT2D eigenvalue weighted by molar-refractivity contribution is 7.92. The molecule has 0 spiro atoms. The first-order valence-corrected chi connectivity index (χ1v) is 14.7. The predicted octanol–water partition coefficient (Wildman–Crippen LogP) is 4.52. The molecule has 9 heteroatoms. The van der Waals surface area contributed by atoms with Gasteiger partial charge in [0.25, 0.3) is 0 Å². The Balaban J connectivity index is 2.03. The van der Waals surface area contributed by atoms with Gasteiger partial charge in [-0.2, -0.15) is 0 Å². The molecule has 0 aliphatic heterocycles. The summed E-state index contributed by atoms with van der Waals surface area (Å²) in [6.07, 6.45) is 1.30. The van der Waals surface area contributed by atoms with Gasteiger partial charge in [-0.3, -0.25) is 13.9 Å². The molecule has 0 fully saturated rings. The van der Waals surface area contributed by atoms with E-state index in [0.29, 0.717) is 6.54 Å². The van der Waals surface area contributed by atoms with Crippen molar-refractivity contribution in [1.29, 1.82) is 0 Å². The van der Waals surface area contributed by atoms with Crippen molar-refractivity contribution < 1.29 is 18.0 Å². The molecule has 3 rings (SSSR count). The third-order valence-corrected chi connectivity index (χ3v) is 7.40. The molecular formula is C29H34ClN3O4S. The van der Waals surface area contributed by atoms with Gasteiger partial charge < -0.3 is 10.2 Å². The lowest BCUT2D eigenvalue weighted by Gasteiger charge is -2.33. The molecule has 0 unspecified atom stereocenters. The Morgan fingerprint density at radius 1 is 0.868 bits per heavy atom. The van der Waals surface area contributed by atoms with Crippen molar-refractivity contribution in [3.05, 3.63) is 101 Å². The lowest BCUT2D eigenvalue weighted by Crippen LogP contribution is -2.53. The van der Waals surface area contributed by atoms with Crippen LogP contribution in [-0.4, -0.2) is 50.5 Å². The Morgan fingerprint density at radius 3 is 1.97 bits per heavy atom. The van der Waals surface area contributed by atoms with Crippen LogP contribution in [0.5, 0.6) is 0 Å². The number of nitrogens with zero attached hydrogens (tertiary/aromatic N) is 2. The number of hydrogen-bond donors (Lipinski definition) is 1. The van der Waals surface area contributed by atoms with Gasteiger partial charge in [0.2, 0.25) is 21.8 Å². The summed E-state index contributed by atoms with van der Waals surface area (Å²) in [7, 11) is -3.87. The Bertz CT molecular complexity index is 1320. The standard InChI is InChI=1S/C29H34ClN3O4S/c1-22(2)19-31-29(35)27(18-23-12-6-4-7-13-23)32(20-24-14-8-5-9-15-24)28(34)21-33(38(3,36)37)26-17-11-10-16-25(26)30/h4-17,22,27H,18-21H2,1-3H3,(H,31,35)/t27-/m0/s1. The topological polar surface area (TPSA) is 86.8 Å². The molecule has 1 atom stereocenters. The summed E-state index contributed by atoms with van der Waals surface area (Å²) >= 11 is 6.31. The number of carbonyl (C=O) groups is 2. The number of hydrogen-bond acceptors (Lipinski definition) is 4. The molecule has 0 heterocycles. The molecule has 3 aromatic carbocycles. The van der Waals surface area contributed by atoms with Gasteiger partial charge in [-0.15, -0.1) is 0 Å². The first kappa shape index (κ1) is 29.2. The summed E-state index contributed by atoms with van der Waals surface area (Å²) in [5.74, 6) is -0.592. The van der Waals surface area contributed by atoms with Gasteiger partial charge in [0.05, 0.1) is 17.0 Å². The van der Waals surface area contributed by atoms with E-state index in [1.807, 2.05) is 74.5 Å². The largest absolute Gasteiger partial charge is 0.354 e. The number of para-hydroxylation sites is 1. The Hall–Kier alpha value is -3.36. The SMILES string of the molecule is CC(C)CNC(=O)[C@H](Cc1ccccc1)N(Cc1ccccc1)C(=O)CN(c1ccccc1Cl)S(C)(=O)=O. The average Bonchev–Trinajstić information content (AvgIpc) is 2.89. The van der Waals surface area contributed by atoms with Crippen molar-refractivity contribution >= 4 is 39.1 Å². The van der Waals surface area contributed by atoms with Crippen molar-refractivity contribution in [3.63, 3.8) is 0 Å². The zero-order valence-corrected chi connectivity index (χ0v) is 23.5. The van der Waals surface area contributed by atoms with E-state index in [2.05, 4.69) is 5.32 Å². The van der Waals surface area contributed by atoms with Crippen LogP contribution in [0.3, 0.4) is 0 Å². The van der Waals surface area contributed by atoms with Crippen LogP contribution < -0.4 is 9.62 Å². The zero-order valence-electron chi connectivity index (χ0n) is 21.9. The van der Waals surface area contributed by atoms with E-state index in [0.717, 1.165) is 21.7 Å². The molecule has 7 nitrogen and oxygen atoms in total. The van der Waals surface area contributed by atoms with E-state index in [1.165, 1.54) is 4.90 Å². The van der Waals surface area contributed by atoms with Gasteiger partial charge in [0.15, 0.2) is 0 Å². The Morgan fingerprint density at radius 2 is 1.42 bits per heavy atom. The lowest BCUT2D eigenvalue weighted by molar-refractivity contribution is -0.140. The van der Waals surface area contributed by atoms with Gasteiger partial charge >= 0.3 is 0 Å². The van der Waals surface area contributed by atoms with Crippen LogP contribution in [0.1, 0.15) is 25.0 Å². The van der Waals surface area contributed by atoms with Crippen LogP contribution in [0.25, 0.3) is 0 Å². The maximum atomic E-state index is 14.0. The van der Waals surface area contributed by atoms with E-state index in [1.54, 1.807) is 24.3 Å². The van der Waals surface area contributed by atoms with Crippen molar-refractivity contribution in [2.45, 2.75) is 32.9 Å².